The van der Waals surface area contributed by atoms with Crippen LogP contribution in [0.5, 0.6) is 5.75 Å². The summed E-state index contributed by atoms with van der Waals surface area (Å²) in [6, 6.07) is 10.7. The standard InChI is InChI=1S/C23H24N2O6/c1-4-12-24-20(26)14(3)31-23(29)15-6-11-18-19(13-15)22(28)25(21(18)27)16-7-9-17(10-8-16)30-5-2/h6-11,13-14H,4-5,12H2,1-3H3,(H,24,26). The molecule has 162 valence electrons. The molecule has 0 saturated heterocycles. The molecule has 1 N–H and O–H groups in total. The summed E-state index contributed by atoms with van der Waals surface area (Å²) in [6.45, 7) is 6.23. The molecule has 2 aromatic carbocycles. The molecule has 8 nitrogen and oxygen atoms in total. The molecule has 3 amide bonds. The molecule has 0 aliphatic carbocycles. The van der Waals surface area contributed by atoms with Gasteiger partial charge >= 0.3 is 5.97 Å². The van der Waals surface area contributed by atoms with Crippen LogP contribution in [-0.4, -0.2) is 42.9 Å². The van der Waals surface area contributed by atoms with E-state index in [1.165, 1.54) is 25.1 Å². The van der Waals surface area contributed by atoms with Gasteiger partial charge in [0.05, 0.1) is 29.0 Å². The second kappa shape index (κ2) is 9.42. The molecule has 1 heterocycles. The second-order valence-electron chi connectivity index (χ2n) is 6.97. The summed E-state index contributed by atoms with van der Waals surface area (Å²) in [6.07, 6.45) is -0.219. The molecule has 0 aromatic heterocycles. The van der Waals surface area contributed by atoms with Crippen LogP contribution in [0.4, 0.5) is 5.69 Å². The van der Waals surface area contributed by atoms with Crippen LogP contribution in [-0.2, 0) is 9.53 Å². The van der Waals surface area contributed by atoms with Crippen molar-refractivity contribution >= 4 is 29.4 Å². The van der Waals surface area contributed by atoms with Gasteiger partial charge in [-0.05, 0) is 62.7 Å². The molecule has 2 aromatic rings. The van der Waals surface area contributed by atoms with Crippen LogP contribution in [0.15, 0.2) is 42.5 Å². The normalized spacial score (nSPS) is 13.6. The lowest BCUT2D eigenvalue weighted by Crippen LogP contribution is -2.36. The first-order valence-corrected chi connectivity index (χ1v) is 10.1. The summed E-state index contributed by atoms with van der Waals surface area (Å²) >= 11 is 0. The summed E-state index contributed by atoms with van der Waals surface area (Å²) in [4.78, 5) is 51.1. The van der Waals surface area contributed by atoms with Crippen molar-refractivity contribution < 1.29 is 28.7 Å². The first-order valence-electron chi connectivity index (χ1n) is 10.1. The Morgan fingerprint density at radius 2 is 1.68 bits per heavy atom. The molecule has 1 aliphatic heterocycles. The molecule has 0 bridgehead atoms. The largest absolute Gasteiger partial charge is 0.494 e. The van der Waals surface area contributed by atoms with E-state index in [1.54, 1.807) is 24.3 Å². The maximum absolute atomic E-state index is 12.9. The van der Waals surface area contributed by atoms with E-state index in [2.05, 4.69) is 5.32 Å². The van der Waals surface area contributed by atoms with Crippen molar-refractivity contribution in [2.24, 2.45) is 0 Å². The number of carbonyl (C=O) groups excluding carboxylic acids is 4. The van der Waals surface area contributed by atoms with Crippen LogP contribution in [0.25, 0.3) is 0 Å². The number of fused-ring (bicyclic) bond motifs is 1. The van der Waals surface area contributed by atoms with Crippen LogP contribution >= 0.6 is 0 Å². The van der Waals surface area contributed by atoms with E-state index in [-0.39, 0.29) is 16.7 Å². The maximum atomic E-state index is 12.9. The van der Waals surface area contributed by atoms with E-state index >= 15 is 0 Å². The van der Waals surface area contributed by atoms with Crippen molar-refractivity contribution in [2.45, 2.75) is 33.3 Å². The molecular weight excluding hydrogens is 400 g/mol. The van der Waals surface area contributed by atoms with E-state index < -0.39 is 29.8 Å². The van der Waals surface area contributed by atoms with Gasteiger partial charge in [-0.15, -0.1) is 0 Å². The zero-order chi connectivity index (χ0) is 22.5. The van der Waals surface area contributed by atoms with Crippen molar-refractivity contribution in [3.63, 3.8) is 0 Å². The molecular formula is C23H24N2O6. The zero-order valence-corrected chi connectivity index (χ0v) is 17.6. The number of nitrogens with zero attached hydrogens (tertiary/aromatic N) is 1. The highest BCUT2D eigenvalue weighted by Gasteiger charge is 2.37. The Bertz CT molecular complexity index is 1020. The van der Waals surface area contributed by atoms with Gasteiger partial charge in [0.2, 0.25) is 0 Å². The van der Waals surface area contributed by atoms with Crippen LogP contribution in [0.3, 0.4) is 0 Å². The fraction of sp³-hybridized carbons (Fsp3) is 0.304. The van der Waals surface area contributed by atoms with Gasteiger partial charge in [-0.1, -0.05) is 6.92 Å². The third-order valence-corrected chi connectivity index (χ3v) is 4.73. The molecule has 0 saturated carbocycles. The summed E-state index contributed by atoms with van der Waals surface area (Å²) in [5.41, 5.74) is 0.796. The van der Waals surface area contributed by atoms with Crippen LogP contribution in [0.2, 0.25) is 0 Å². The summed E-state index contributed by atoms with van der Waals surface area (Å²) in [5.74, 6) is -1.53. The van der Waals surface area contributed by atoms with Crippen LogP contribution in [0.1, 0.15) is 58.3 Å². The number of benzene rings is 2. The Morgan fingerprint density at radius 1 is 1.00 bits per heavy atom. The Balaban J connectivity index is 1.77. The third-order valence-electron chi connectivity index (χ3n) is 4.73. The number of ether oxygens (including phenoxy) is 2. The molecule has 8 heteroatoms. The SMILES string of the molecule is CCCNC(=O)C(C)OC(=O)c1ccc2c(c1)C(=O)N(c1ccc(OCC)cc1)C2=O. The van der Waals surface area contributed by atoms with E-state index in [0.29, 0.717) is 24.6 Å². The highest BCUT2D eigenvalue weighted by atomic mass is 16.5. The number of anilines is 1. The second-order valence-corrected chi connectivity index (χ2v) is 6.97. The minimum Gasteiger partial charge on any atom is -0.494 e. The predicted molar refractivity (Wildman–Crippen MR) is 113 cm³/mol. The van der Waals surface area contributed by atoms with E-state index in [4.69, 9.17) is 9.47 Å². The Labute approximate surface area is 180 Å². The number of rotatable bonds is 8. The Morgan fingerprint density at radius 3 is 2.32 bits per heavy atom. The quantitative estimate of drug-likeness (QED) is 0.516. The first-order chi connectivity index (χ1) is 14.9. The number of imide groups is 1. The molecule has 1 unspecified atom stereocenters. The summed E-state index contributed by atoms with van der Waals surface area (Å²) in [5, 5.41) is 2.65. The van der Waals surface area contributed by atoms with Gasteiger partial charge < -0.3 is 14.8 Å². The highest BCUT2D eigenvalue weighted by Crippen LogP contribution is 2.30. The molecule has 3 rings (SSSR count). The minimum absolute atomic E-state index is 0.0867. The van der Waals surface area contributed by atoms with Crippen molar-refractivity contribution in [3.8, 4) is 5.75 Å². The van der Waals surface area contributed by atoms with E-state index in [9.17, 15) is 19.2 Å². The molecule has 0 fully saturated rings. The third kappa shape index (κ3) is 4.58. The molecule has 0 spiro atoms. The number of carbonyl (C=O) groups is 4. The molecule has 1 atom stereocenters. The zero-order valence-electron chi connectivity index (χ0n) is 17.6. The van der Waals surface area contributed by atoms with Crippen LogP contribution < -0.4 is 15.0 Å². The van der Waals surface area contributed by atoms with Gasteiger partial charge in [-0.3, -0.25) is 14.4 Å². The summed E-state index contributed by atoms with van der Waals surface area (Å²) in [7, 11) is 0. The van der Waals surface area contributed by atoms with Crippen molar-refractivity contribution in [2.75, 3.05) is 18.1 Å². The predicted octanol–water partition coefficient (Wildman–Crippen LogP) is 2.96. The Hall–Kier alpha value is -3.68. The fourth-order valence-corrected chi connectivity index (χ4v) is 3.13. The number of hydrogen-bond donors (Lipinski definition) is 1. The monoisotopic (exact) mass is 424 g/mol. The maximum Gasteiger partial charge on any atom is 0.338 e. The molecule has 1 aliphatic rings. The lowest BCUT2D eigenvalue weighted by atomic mass is 10.1. The topological polar surface area (TPSA) is 102 Å². The lowest BCUT2D eigenvalue weighted by Gasteiger charge is -2.14. The van der Waals surface area contributed by atoms with Gasteiger partial charge in [0, 0.05) is 6.54 Å². The van der Waals surface area contributed by atoms with Gasteiger partial charge in [-0.2, -0.15) is 0 Å². The van der Waals surface area contributed by atoms with Gasteiger partial charge in [0.1, 0.15) is 5.75 Å². The van der Waals surface area contributed by atoms with E-state index in [0.717, 1.165) is 11.3 Å². The van der Waals surface area contributed by atoms with Gasteiger partial charge in [-0.25, -0.2) is 9.69 Å². The molecule has 0 radical (unpaired) electrons. The van der Waals surface area contributed by atoms with Gasteiger partial charge in [0.25, 0.3) is 17.7 Å². The average molecular weight is 424 g/mol. The molecule has 31 heavy (non-hydrogen) atoms. The van der Waals surface area contributed by atoms with Crippen molar-refractivity contribution in [1.82, 2.24) is 5.32 Å². The number of hydrogen-bond acceptors (Lipinski definition) is 6. The fourth-order valence-electron chi connectivity index (χ4n) is 3.13. The van der Waals surface area contributed by atoms with Gasteiger partial charge in [0.15, 0.2) is 6.10 Å². The Kier molecular flexibility index (Phi) is 6.69. The number of esters is 1. The van der Waals surface area contributed by atoms with Crippen LogP contribution in [0, 0.1) is 0 Å². The number of amides is 3. The summed E-state index contributed by atoms with van der Waals surface area (Å²) < 4.78 is 10.6. The first kappa shape index (κ1) is 22.0. The van der Waals surface area contributed by atoms with Crippen molar-refractivity contribution in [3.05, 3.63) is 59.2 Å². The highest BCUT2D eigenvalue weighted by molar-refractivity contribution is 6.34. The minimum atomic E-state index is -0.981. The smallest absolute Gasteiger partial charge is 0.338 e. The van der Waals surface area contributed by atoms with Crippen molar-refractivity contribution in [1.29, 1.82) is 0 Å². The lowest BCUT2D eigenvalue weighted by molar-refractivity contribution is -0.129. The number of nitrogens with one attached hydrogen (secondary N) is 1. The van der Waals surface area contributed by atoms with E-state index in [1.807, 2.05) is 13.8 Å². The average Bonchev–Trinajstić information content (AvgIpc) is 3.02.